The average Bonchev–Trinajstić information content (AvgIpc) is 3.10. The molecule has 4 rings (SSSR count). The Labute approximate surface area is 170 Å². The Kier molecular flexibility index (Phi) is 5.07. The van der Waals surface area contributed by atoms with Crippen LogP contribution in [0.15, 0.2) is 42.5 Å². The van der Waals surface area contributed by atoms with Crippen molar-refractivity contribution in [2.24, 2.45) is 5.73 Å². The number of fused-ring (bicyclic) bond motifs is 3. The van der Waals surface area contributed by atoms with E-state index in [0.29, 0.717) is 18.8 Å². The van der Waals surface area contributed by atoms with Crippen LogP contribution in [0.5, 0.6) is 0 Å². The molecule has 5 nitrogen and oxygen atoms in total. The maximum atomic E-state index is 12.8. The van der Waals surface area contributed by atoms with E-state index in [1.165, 1.54) is 16.7 Å². The number of nitrogens with one attached hydrogen (secondary N) is 2. The number of carbonyl (C=O) groups excluding carboxylic acids is 1. The first-order chi connectivity index (χ1) is 14.0. The van der Waals surface area contributed by atoms with Gasteiger partial charge in [0.05, 0.1) is 11.2 Å². The number of hydrogen-bond donors (Lipinski definition) is 3. The number of aromatic amines is 1. The minimum atomic E-state index is -0.174. The summed E-state index contributed by atoms with van der Waals surface area (Å²) in [4.78, 5) is 21.1. The van der Waals surface area contributed by atoms with E-state index in [2.05, 4.69) is 61.4 Å². The van der Waals surface area contributed by atoms with E-state index in [1.54, 1.807) is 0 Å². The van der Waals surface area contributed by atoms with Crippen molar-refractivity contribution in [2.75, 3.05) is 13.1 Å². The number of rotatable bonds is 5. The highest BCUT2D eigenvalue weighted by Crippen LogP contribution is 2.34. The summed E-state index contributed by atoms with van der Waals surface area (Å²) in [5, 5.41) is 5.03. The van der Waals surface area contributed by atoms with Gasteiger partial charge in [-0.05, 0) is 62.6 Å². The molecule has 5 heteroatoms. The van der Waals surface area contributed by atoms with Crippen molar-refractivity contribution in [3.63, 3.8) is 0 Å². The van der Waals surface area contributed by atoms with Crippen molar-refractivity contribution < 1.29 is 4.79 Å². The lowest BCUT2D eigenvalue weighted by Gasteiger charge is -2.10. The third-order valence-electron chi connectivity index (χ3n) is 5.51. The van der Waals surface area contributed by atoms with Crippen molar-refractivity contribution >= 4 is 27.7 Å². The van der Waals surface area contributed by atoms with Gasteiger partial charge in [0.25, 0.3) is 5.91 Å². The van der Waals surface area contributed by atoms with Gasteiger partial charge in [-0.2, -0.15) is 0 Å². The Balaban J connectivity index is 1.96. The molecule has 0 aliphatic rings. The second kappa shape index (κ2) is 7.68. The number of para-hydroxylation sites is 1. The molecule has 2 aromatic carbocycles. The maximum absolute atomic E-state index is 12.8. The van der Waals surface area contributed by atoms with Gasteiger partial charge in [-0.15, -0.1) is 0 Å². The molecule has 0 aliphatic carbocycles. The van der Waals surface area contributed by atoms with E-state index in [4.69, 9.17) is 10.7 Å². The van der Waals surface area contributed by atoms with Crippen molar-refractivity contribution in [1.82, 2.24) is 15.3 Å². The van der Waals surface area contributed by atoms with Crippen molar-refractivity contribution in [1.29, 1.82) is 0 Å². The van der Waals surface area contributed by atoms with Crippen LogP contribution >= 0.6 is 0 Å². The lowest BCUT2D eigenvalue weighted by atomic mass is 10.0. The first kappa shape index (κ1) is 19.2. The summed E-state index contributed by atoms with van der Waals surface area (Å²) in [6.07, 6.45) is 0.740. The minimum absolute atomic E-state index is 0.174. The fourth-order valence-corrected chi connectivity index (χ4v) is 3.68. The van der Waals surface area contributed by atoms with E-state index in [9.17, 15) is 4.79 Å². The number of pyridine rings is 1. The Morgan fingerprint density at radius 1 is 1.00 bits per heavy atom. The molecule has 0 saturated carbocycles. The van der Waals surface area contributed by atoms with Crippen molar-refractivity contribution in [3.05, 3.63) is 64.8 Å². The van der Waals surface area contributed by atoms with Gasteiger partial charge in [-0.3, -0.25) is 4.79 Å². The van der Waals surface area contributed by atoms with Crippen LogP contribution in [0.2, 0.25) is 0 Å². The molecule has 148 valence electrons. The molecular weight excluding hydrogens is 360 g/mol. The lowest BCUT2D eigenvalue weighted by molar-refractivity contribution is 0.0949. The van der Waals surface area contributed by atoms with E-state index < -0.39 is 0 Å². The zero-order valence-electron chi connectivity index (χ0n) is 17.1. The Hall–Kier alpha value is -3.18. The molecule has 2 heterocycles. The van der Waals surface area contributed by atoms with Crippen LogP contribution in [-0.4, -0.2) is 29.0 Å². The standard InChI is InChI=1S/C24H26N4O/c1-14-8-9-17(12-16(14)3)22-23-19(18-7-4-6-15(2)21(18)28-23)13-20(27-22)24(29)26-11-5-10-25/h4,6-9,12-13,28H,5,10-11,25H2,1-3H3,(H,26,29). The summed E-state index contributed by atoms with van der Waals surface area (Å²) in [7, 11) is 0. The molecule has 0 fully saturated rings. The molecule has 4 N–H and O–H groups in total. The molecule has 0 spiro atoms. The molecule has 1 amide bonds. The second-order valence-electron chi connectivity index (χ2n) is 7.60. The zero-order valence-corrected chi connectivity index (χ0v) is 17.1. The van der Waals surface area contributed by atoms with Crippen LogP contribution < -0.4 is 11.1 Å². The van der Waals surface area contributed by atoms with Gasteiger partial charge >= 0.3 is 0 Å². The number of aryl methyl sites for hydroxylation is 3. The van der Waals surface area contributed by atoms with Crippen molar-refractivity contribution in [2.45, 2.75) is 27.2 Å². The number of amides is 1. The van der Waals surface area contributed by atoms with Gasteiger partial charge in [0, 0.05) is 28.4 Å². The van der Waals surface area contributed by atoms with Crippen LogP contribution in [-0.2, 0) is 0 Å². The molecule has 4 aromatic rings. The second-order valence-corrected chi connectivity index (χ2v) is 7.60. The highest BCUT2D eigenvalue weighted by molar-refractivity contribution is 6.13. The van der Waals surface area contributed by atoms with E-state index in [-0.39, 0.29) is 5.91 Å². The first-order valence-corrected chi connectivity index (χ1v) is 9.97. The number of hydrogen-bond acceptors (Lipinski definition) is 3. The highest BCUT2D eigenvalue weighted by atomic mass is 16.1. The van der Waals surface area contributed by atoms with Crippen LogP contribution in [0.4, 0.5) is 0 Å². The lowest BCUT2D eigenvalue weighted by Crippen LogP contribution is -2.26. The Morgan fingerprint density at radius 2 is 1.83 bits per heavy atom. The van der Waals surface area contributed by atoms with Crippen LogP contribution in [0.25, 0.3) is 33.1 Å². The number of H-pyrrole nitrogens is 1. The summed E-state index contributed by atoms with van der Waals surface area (Å²) in [6, 6.07) is 14.4. The van der Waals surface area contributed by atoms with E-state index in [0.717, 1.165) is 39.5 Å². The third kappa shape index (κ3) is 3.49. The summed E-state index contributed by atoms with van der Waals surface area (Å²) in [5.74, 6) is -0.174. The van der Waals surface area contributed by atoms with Gasteiger partial charge in [-0.1, -0.05) is 30.3 Å². The third-order valence-corrected chi connectivity index (χ3v) is 5.51. The minimum Gasteiger partial charge on any atom is -0.353 e. The normalized spacial score (nSPS) is 11.3. The summed E-state index contributed by atoms with van der Waals surface area (Å²) in [5.41, 5.74) is 13.4. The fraction of sp³-hybridized carbons (Fsp3) is 0.250. The van der Waals surface area contributed by atoms with Gasteiger partial charge < -0.3 is 16.0 Å². The number of aromatic nitrogens is 2. The number of carbonyl (C=O) groups is 1. The summed E-state index contributed by atoms with van der Waals surface area (Å²) >= 11 is 0. The predicted octanol–water partition coefficient (Wildman–Crippen LogP) is 4.39. The molecular formula is C24H26N4O. The quantitative estimate of drug-likeness (QED) is 0.445. The largest absolute Gasteiger partial charge is 0.353 e. The van der Waals surface area contributed by atoms with Crippen LogP contribution in [0, 0.1) is 20.8 Å². The van der Waals surface area contributed by atoms with Crippen molar-refractivity contribution in [3.8, 4) is 11.3 Å². The van der Waals surface area contributed by atoms with Crippen LogP contribution in [0.1, 0.15) is 33.6 Å². The molecule has 29 heavy (non-hydrogen) atoms. The fourth-order valence-electron chi connectivity index (χ4n) is 3.68. The Bertz CT molecular complexity index is 1220. The van der Waals surface area contributed by atoms with Gasteiger partial charge in [0.1, 0.15) is 5.69 Å². The molecule has 2 aromatic heterocycles. The summed E-state index contributed by atoms with van der Waals surface area (Å²) < 4.78 is 0. The Morgan fingerprint density at radius 3 is 2.59 bits per heavy atom. The predicted molar refractivity (Wildman–Crippen MR) is 119 cm³/mol. The highest BCUT2D eigenvalue weighted by Gasteiger charge is 2.17. The summed E-state index contributed by atoms with van der Waals surface area (Å²) in [6.45, 7) is 7.36. The SMILES string of the molecule is Cc1ccc(-c2nc(C(=O)NCCCN)cc3c2[nH]c2c(C)cccc23)cc1C. The number of benzene rings is 2. The maximum Gasteiger partial charge on any atom is 0.269 e. The molecule has 0 bridgehead atoms. The first-order valence-electron chi connectivity index (χ1n) is 9.97. The molecule has 0 aliphatic heterocycles. The zero-order chi connectivity index (χ0) is 20.5. The van der Waals surface area contributed by atoms with E-state index >= 15 is 0 Å². The average molecular weight is 386 g/mol. The smallest absolute Gasteiger partial charge is 0.269 e. The van der Waals surface area contributed by atoms with Gasteiger partial charge in [0.2, 0.25) is 0 Å². The molecule has 0 radical (unpaired) electrons. The monoisotopic (exact) mass is 386 g/mol. The van der Waals surface area contributed by atoms with E-state index in [1.807, 2.05) is 12.1 Å². The van der Waals surface area contributed by atoms with Gasteiger partial charge in [0.15, 0.2) is 0 Å². The molecule has 0 atom stereocenters. The topological polar surface area (TPSA) is 83.8 Å². The molecule has 0 saturated heterocycles. The number of nitrogens with zero attached hydrogens (tertiary/aromatic N) is 1. The molecule has 0 unspecified atom stereocenters. The number of nitrogens with two attached hydrogens (primary N) is 1. The van der Waals surface area contributed by atoms with Gasteiger partial charge in [-0.25, -0.2) is 4.98 Å². The van der Waals surface area contributed by atoms with Crippen LogP contribution in [0.3, 0.4) is 0 Å².